The van der Waals surface area contributed by atoms with Crippen LogP contribution in [0.25, 0.3) is 0 Å². The van der Waals surface area contributed by atoms with Crippen LogP contribution in [0.5, 0.6) is 11.5 Å². The van der Waals surface area contributed by atoms with Gasteiger partial charge < -0.3 is 14.6 Å². The van der Waals surface area contributed by atoms with Gasteiger partial charge in [0.25, 0.3) is 0 Å². The van der Waals surface area contributed by atoms with E-state index in [1.807, 2.05) is 0 Å². The second-order valence-electron chi connectivity index (χ2n) is 4.48. The van der Waals surface area contributed by atoms with Crippen molar-refractivity contribution >= 4 is 5.97 Å². The number of carbonyl (C=O) groups is 1. The molecule has 0 saturated heterocycles. The van der Waals surface area contributed by atoms with Crippen molar-refractivity contribution < 1.29 is 23.8 Å². The fraction of sp³-hybridized carbons (Fsp3) is 0.188. The lowest BCUT2D eigenvalue weighted by molar-refractivity contribution is 0.0691. The van der Waals surface area contributed by atoms with Crippen molar-refractivity contribution in [1.29, 1.82) is 0 Å². The van der Waals surface area contributed by atoms with Crippen molar-refractivity contribution in [3.8, 4) is 11.5 Å². The maximum Gasteiger partial charge on any atom is 0.339 e. The van der Waals surface area contributed by atoms with E-state index in [4.69, 9.17) is 14.6 Å². The second kappa shape index (κ2) is 6.26. The third-order valence-corrected chi connectivity index (χ3v) is 3.08. The third-order valence-electron chi connectivity index (χ3n) is 3.08. The van der Waals surface area contributed by atoms with Gasteiger partial charge in [0.1, 0.15) is 17.9 Å². The molecule has 110 valence electrons. The Kier molecular flexibility index (Phi) is 4.42. The first kappa shape index (κ1) is 14.8. The van der Waals surface area contributed by atoms with Gasteiger partial charge in [-0.2, -0.15) is 0 Å². The van der Waals surface area contributed by atoms with Gasteiger partial charge in [0.05, 0.1) is 7.11 Å². The summed E-state index contributed by atoms with van der Waals surface area (Å²) >= 11 is 0. The summed E-state index contributed by atoms with van der Waals surface area (Å²) in [5, 5.41) is 9.15. The van der Waals surface area contributed by atoms with Gasteiger partial charge in [-0.25, -0.2) is 9.18 Å². The van der Waals surface area contributed by atoms with Gasteiger partial charge >= 0.3 is 5.97 Å². The quantitative estimate of drug-likeness (QED) is 0.916. The predicted molar refractivity (Wildman–Crippen MR) is 75.4 cm³/mol. The van der Waals surface area contributed by atoms with E-state index in [2.05, 4.69) is 0 Å². The number of hydrogen-bond acceptors (Lipinski definition) is 3. The summed E-state index contributed by atoms with van der Waals surface area (Å²) in [5.41, 5.74) is 1.03. The second-order valence-corrected chi connectivity index (χ2v) is 4.48. The summed E-state index contributed by atoms with van der Waals surface area (Å²) in [6, 6.07) is 9.55. The molecule has 0 aliphatic rings. The number of aryl methyl sites for hydroxylation is 1. The summed E-state index contributed by atoms with van der Waals surface area (Å²) in [6.07, 6.45) is 0. The fourth-order valence-electron chi connectivity index (χ4n) is 1.99. The fourth-order valence-corrected chi connectivity index (χ4v) is 1.99. The van der Waals surface area contributed by atoms with Crippen molar-refractivity contribution in [3.05, 3.63) is 58.9 Å². The van der Waals surface area contributed by atoms with Gasteiger partial charge in [-0.1, -0.05) is 24.3 Å². The Morgan fingerprint density at radius 1 is 1.24 bits per heavy atom. The molecular formula is C16H15FO4. The zero-order valence-corrected chi connectivity index (χ0v) is 11.7. The molecular weight excluding hydrogens is 275 g/mol. The summed E-state index contributed by atoms with van der Waals surface area (Å²) in [6.45, 7) is 1.66. The largest absolute Gasteiger partial charge is 0.494 e. The van der Waals surface area contributed by atoms with Gasteiger partial charge in [-0.3, -0.25) is 0 Å². The van der Waals surface area contributed by atoms with Crippen LogP contribution in [0.3, 0.4) is 0 Å². The smallest absolute Gasteiger partial charge is 0.339 e. The normalized spacial score (nSPS) is 10.2. The molecule has 4 nitrogen and oxygen atoms in total. The van der Waals surface area contributed by atoms with Crippen molar-refractivity contribution in [2.75, 3.05) is 7.11 Å². The zero-order valence-electron chi connectivity index (χ0n) is 11.7. The average Bonchev–Trinajstić information content (AvgIpc) is 2.47. The van der Waals surface area contributed by atoms with Crippen molar-refractivity contribution in [1.82, 2.24) is 0 Å². The summed E-state index contributed by atoms with van der Waals surface area (Å²) in [5.74, 6) is -1.23. The summed E-state index contributed by atoms with van der Waals surface area (Å²) < 4.78 is 24.4. The molecule has 2 aromatic rings. The molecule has 0 fully saturated rings. The van der Waals surface area contributed by atoms with E-state index in [0.717, 1.165) is 0 Å². The molecule has 1 N–H and O–H groups in total. The van der Waals surface area contributed by atoms with Crippen LogP contribution in [-0.2, 0) is 6.61 Å². The molecule has 2 aromatic carbocycles. The molecule has 0 amide bonds. The van der Waals surface area contributed by atoms with Crippen molar-refractivity contribution in [2.24, 2.45) is 0 Å². The highest BCUT2D eigenvalue weighted by atomic mass is 19.1. The standard InChI is InChI=1S/C16H15FO4/c1-10-5-3-7-12(16(18)19)15(10)21-9-11-6-4-8-13(20-2)14(11)17/h3-8H,9H2,1-2H3,(H,18,19). The molecule has 5 heteroatoms. The van der Waals surface area contributed by atoms with Crippen LogP contribution in [0.1, 0.15) is 21.5 Å². The highest BCUT2D eigenvalue weighted by Gasteiger charge is 2.15. The lowest BCUT2D eigenvalue weighted by Gasteiger charge is -2.13. The maximum atomic E-state index is 14.0. The Morgan fingerprint density at radius 3 is 2.62 bits per heavy atom. The van der Waals surface area contributed by atoms with E-state index >= 15 is 0 Å². The van der Waals surface area contributed by atoms with Crippen molar-refractivity contribution in [2.45, 2.75) is 13.5 Å². The highest BCUT2D eigenvalue weighted by molar-refractivity contribution is 5.91. The molecule has 21 heavy (non-hydrogen) atoms. The lowest BCUT2D eigenvalue weighted by Crippen LogP contribution is -2.06. The number of benzene rings is 2. The molecule has 0 radical (unpaired) electrons. The number of aromatic carboxylic acids is 1. The minimum atomic E-state index is -1.08. The van der Waals surface area contributed by atoms with E-state index in [9.17, 15) is 9.18 Å². The molecule has 0 aliphatic heterocycles. The lowest BCUT2D eigenvalue weighted by atomic mass is 10.1. The average molecular weight is 290 g/mol. The molecule has 0 aromatic heterocycles. The monoisotopic (exact) mass is 290 g/mol. The van der Waals surface area contributed by atoms with Gasteiger partial charge in [0.2, 0.25) is 0 Å². The van der Waals surface area contributed by atoms with Crippen LogP contribution >= 0.6 is 0 Å². The first-order chi connectivity index (χ1) is 10.0. The highest BCUT2D eigenvalue weighted by Crippen LogP contribution is 2.26. The van der Waals surface area contributed by atoms with E-state index in [1.54, 1.807) is 31.2 Å². The molecule has 0 spiro atoms. The number of carboxylic acids is 1. The van der Waals surface area contributed by atoms with Gasteiger partial charge in [0, 0.05) is 5.56 Å². The Balaban J connectivity index is 2.27. The number of halogens is 1. The zero-order chi connectivity index (χ0) is 15.4. The Hall–Kier alpha value is -2.56. The van der Waals surface area contributed by atoms with Crippen molar-refractivity contribution in [3.63, 3.8) is 0 Å². The Morgan fingerprint density at radius 2 is 1.95 bits per heavy atom. The number of ether oxygens (including phenoxy) is 2. The molecule has 2 rings (SSSR count). The van der Waals surface area contributed by atoms with Crippen LogP contribution in [-0.4, -0.2) is 18.2 Å². The topological polar surface area (TPSA) is 55.8 Å². The Bertz CT molecular complexity index is 667. The summed E-state index contributed by atoms with van der Waals surface area (Å²) in [7, 11) is 1.38. The number of carboxylic acid groups (broad SMARTS) is 1. The third kappa shape index (κ3) is 3.13. The number of hydrogen-bond donors (Lipinski definition) is 1. The molecule has 0 bridgehead atoms. The van der Waals surface area contributed by atoms with E-state index < -0.39 is 11.8 Å². The van der Waals surface area contributed by atoms with E-state index in [-0.39, 0.29) is 23.7 Å². The number of rotatable bonds is 5. The molecule has 0 saturated carbocycles. The van der Waals surface area contributed by atoms with Gasteiger partial charge in [-0.05, 0) is 24.6 Å². The molecule has 0 unspecified atom stereocenters. The molecule has 0 atom stereocenters. The first-order valence-corrected chi connectivity index (χ1v) is 6.31. The van der Waals surface area contributed by atoms with Crippen LogP contribution in [0, 0.1) is 12.7 Å². The summed E-state index contributed by atoms with van der Waals surface area (Å²) in [4.78, 5) is 11.2. The first-order valence-electron chi connectivity index (χ1n) is 6.31. The molecule has 0 aliphatic carbocycles. The van der Waals surface area contributed by atoms with Gasteiger partial charge in [-0.15, -0.1) is 0 Å². The van der Waals surface area contributed by atoms with Crippen LogP contribution in [0.2, 0.25) is 0 Å². The minimum Gasteiger partial charge on any atom is -0.494 e. The number of para-hydroxylation sites is 1. The van der Waals surface area contributed by atoms with Crippen LogP contribution in [0.4, 0.5) is 4.39 Å². The van der Waals surface area contributed by atoms with E-state index in [1.165, 1.54) is 19.2 Å². The molecule has 0 heterocycles. The predicted octanol–water partition coefficient (Wildman–Crippen LogP) is 3.42. The Labute approximate surface area is 121 Å². The number of methoxy groups -OCH3 is 1. The van der Waals surface area contributed by atoms with E-state index in [0.29, 0.717) is 11.1 Å². The van der Waals surface area contributed by atoms with Crippen LogP contribution < -0.4 is 9.47 Å². The minimum absolute atomic E-state index is 0.0540. The van der Waals surface area contributed by atoms with Gasteiger partial charge in [0.15, 0.2) is 11.6 Å². The van der Waals surface area contributed by atoms with Crippen LogP contribution in [0.15, 0.2) is 36.4 Å². The SMILES string of the molecule is COc1cccc(COc2c(C)cccc2C(=O)O)c1F. The maximum absolute atomic E-state index is 14.0.